The first-order chi connectivity index (χ1) is 12.6. The largest absolute Gasteiger partial charge is 0.341 e. The molecule has 26 heavy (non-hydrogen) atoms. The number of carbonyl (C=O) groups excluding carboxylic acids is 1. The number of nitrogens with zero attached hydrogens (tertiary/aromatic N) is 4. The molecule has 134 valence electrons. The number of amides is 1. The van der Waals surface area contributed by atoms with E-state index in [2.05, 4.69) is 20.4 Å². The van der Waals surface area contributed by atoms with Gasteiger partial charge in [-0.3, -0.25) is 9.20 Å². The molecule has 0 spiro atoms. The maximum Gasteiger partial charge on any atom is 0.231 e. The van der Waals surface area contributed by atoms with E-state index in [0.29, 0.717) is 5.69 Å². The van der Waals surface area contributed by atoms with Crippen LogP contribution in [0.4, 0.5) is 16.0 Å². The first-order valence-corrected chi connectivity index (χ1v) is 8.73. The van der Waals surface area contributed by atoms with Crippen molar-refractivity contribution in [2.75, 3.05) is 23.3 Å². The van der Waals surface area contributed by atoms with Crippen LogP contribution in [0.25, 0.3) is 5.65 Å². The second-order valence-corrected chi connectivity index (χ2v) is 6.64. The Morgan fingerprint density at radius 1 is 1.19 bits per heavy atom. The maximum absolute atomic E-state index is 13.2. The van der Waals surface area contributed by atoms with E-state index < -0.39 is 0 Å². The molecule has 0 unspecified atom stereocenters. The van der Waals surface area contributed by atoms with Crippen molar-refractivity contribution in [1.82, 2.24) is 14.6 Å². The fraction of sp³-hybridized carbons (Fsp3) is 0.316. The summed E-state index contributed by atoms with van der Waals surface area (Å²) in [5, 5.41) is 11.4. The third-order valence-electron chi connectivity index (χ3n) is 4.89. The van der Waals surface area contributed by atoms with E-state index >= 15 is 0 Å². The van der Waals surface area contributed by atoms with E-state index in [0.717, 1.165) is 43.1 Å². The van der Waals surface area contributed by atoms with Crippen LogP contribution in [0.5, 0.6) is 0 Å². The molecular weight excluding hydrogens is 333 g/mol. The van der Waals surface area contributed by atoms with Gasteiger partial charge in [-0.1, -0.05) is 6.07 Å². The van der Waals surface area contributed by atoms with Crippen molar-refractivity contribution < 1.29 is 9.18 Å². The number of halogens is 1. The van der Waals surface area contributed by atoms with Gasteiger partial charge >= 0.3 is 0 Å². The number of hydrogen-bond acceptors (Lipinski definition) is 4. The molecule has 2 aromatic heterocycles. The fourth-order valence-corrected chi connectivity index (χ4v) is 3.39. The van der Waals surface area contributed by atoms with E-state index in [4.69, 9.17) is 0 Å². The molecule has 4 rings (SSSR count). The molecule has 1 aromatic carbocycles. The van der Waals surface area contributed by atoms with Crippen LogP contribution < -0.4 is 10.2 Å². The summed E-state index contributed by atoms with van der Waals surface area (Å²) in [5.74, 6) is 0.448. The normalized spacial score (nSPS) is 15.4. The quantitative estimate of drug-likeness (QED) is 0.786. The van der Waals surface area contributed by atoms with Gasteiger partial charge in [0.15, 0.2) is 5.65 Å². The molecule has 7 heteroatoms. The number of hydrogen-bond donors (Lipinski definition) is 1. The molecule has 1 aliphatic rings. The van der Waals surface area contributed by atoms with E-state index in [1.807, 2.05) is 28.8 Å². The predicted octanol–water partition coefficient (Wildman–Crippen LogP) is 3.03. The number of carbonyl (C=O) groups is 1. The summed E-state index contributed by atoms with van der Waals surface area (Å²) >= 11 is 0. The molecule has 1 fully saturated rings. The van der Waals surface area contributed by atoms with E-state index in [9.17, 15) is 9.18 Å². The molecule has 0 radical (unpaired) electrons. The van der Waals surface area contributed by atoms with Crippen LogP contribution in [0.3, 0.4) is 0 Å². The lowest BCUT2D eigenvalue weighted by molar-refractivity contribution is -0.120. The van der Waals surface area contributed by atoms with Gasteiger partial charge in [-0.25, -0.2) is 4.39 Å². The molecule has 3 heterocycles. The summed E-state index contributed by atoms with van der Waals surface area (Å²) in [7, 11) is 0. The lowest BCUT2D eigenvalue weighted by Crippen LogP contribution is -2.39. The van der Waals surface area contributed by atoms with Crippen LogP contribution in [0.1, 0.15) is 18.4 Å². The highest BCUT2D eigenvalue weighted by Crippen LogP contribution is 2.24. The zero-order chi connectivity index (χ0) is 18.1. The van der Waals surface area contributed by atoms with Gasteiger partial charge in [0.05, 0.1) is 0 Å². The molecule has 0 bridgehead atoms. The molecular formula is C19H20FN5O. The first kappa shape index (κ1) is 16.5. The highest BCUT2D eigenvalue weighted by atomic mass is 19.1. The summed E-state index contributed by atoms with van der Waals surface area (Å²) in [6, 6.07) is 10.2. The lowest BCUT2D eigenvalue weighted by atomic mass is 9.96. The molecule has 0 aliphatic carbocycles. The van der Waals surface area contributed by atoms with Gasteiger partial charge in [0.1, 0.15) is 5.82 Å². The molecule has 1 amide bonds. The minimum Gasteiger partial charge on any atom is -0.341 e. The monoisotopic (exact) mass is 353 g/mol. The number of fused-ring (bicyclic) bond motifs is 1. The first-order valence-electron chi connectivity index (χ1n) is 8.73. The summed E-state index contributed by atoms with van der Waals surface area (Å²) < 4.78 is 15.2. The Hall–Kier alpha value is -2.96. The van der Waals surface area contributed by atoms with Crippen molar-refractivity contribution >= 4 is 23.2 Å². The number of aromatic nitrogens is 3. The molecule has 1 N–H and O–H groups in total. The number of pyridine rings is 1. The Bertz CT molecular complexity index is 946. The summed E-state index contributed by atoms with van der Waals surface area (Å²) in [5.41, 5.74) is 2.21. The van der Waals surface area contributed by atoms with Crippen LogP contribution in [0.2, 0.25) is 0 Å². The van der Waals surface area contributed by atoms with Gasteiger partial charge in [0.2, 0.25) is 11.9 Å². The van der Waals surface area contributed by atoms with Gasteiger partial charge in [-0.15, -0.1) is 10.2 Å². The number of rotatable bonds is 3. The number of piperidine rings is 1. The van der Waals surface area contributed by atoms with Crippen LogP contribution >= 0.6 is 0 Å². The average Bonchev–Trinajstić information content (AvgIpc) is 3.08. The topological polar surface area (TPSA) is 62.5 Å². The molecule has 0 atom stereocenters. The Balaban J connectivity index is 1.41. The Morgan fingerprint density at radius 3 is 2.77 bits per heavy atom. The SMILES string of the molecule is Cc1cc(F)ccc1NC(=O)C1CCN(c2nnc3ccccn23)CC1. The second kappa shape index (κ2) is 6.74. The molecule has 6 nitrogen and oxygen atoms in total. The number of nitrogens with one attached hydrogen (secondary N) is 1. The van der Waals surface area contributed by atoms with Crippen LogP contribution in [0.15, 0.2) is 42.6 Å². The third kappa shape index (κ3) is 3.12. The van der Waals surface area contributed by atoms with Crippen molar-refractivity contribution in [1.29, 1.82) is 0 Å². The van der Waals surface area contributed by atoms with Gasteiger partial charge in [-0.05, 0) is 55.7 Å². The third-order valence-corrected chi connectivity index (χ3v) is 4.89. The average molecular weight is 353 g/mol. The Morgan fingerprint density at radius 2 is 2.00 bits per heavy atom. The highest BCUT2D eigenvalue weighted by Gasteiger charge is 2.27. The number of aryl methyl sites for hydroxylation is 1. The number of benzene rings is 1. The van der Waals surface area contributed by atoms with Crippen LogP contribution in [-0.4, -0.2) is 33.6 Å². The Kier molecular flexibility index (Phi) is 4.28. The minimum atomic E-state index is -0.297. The van der Waals surface area contributed by atoms with Crippen LogP contribution in [-0.2, 0) is 4.79 Å². The molecule has 3 aromatic rings. The zero-order valence-electron chi connectivity index (χ0n) is 14.5. The van der Waals surface area contributed by atoms with Crippen molar-refractivity contribution in [2.45, 2.75) is 19.8 Å². The summed E-state index contributed by atoms with van der Waals surface area (Å²) in [6.45, 7) is 3.28. The van der Waals surface area contributed by atoms with Crippen molar-refractivity contribution in [3.63, 3.8) is 0 Å². The van der Waals surface area contributed by atoms with E-state index in [1.54, 1.807) is 13.0 Å². The summed E-state index contributed by atoms with van der Waals surface area (Å²) in [4.78, 5) is 14.7. The van der Waals surface area contributed by atoms with Gasteiger partial charge in [-0.2, -0.15) is 0 Å². The Labute approximate surface area is 150 Å². The van der Waals surface area contributed by atoms with Gasteiger partial charge < -0.3 is 10.2 Å². The fourth-order valence-electron chi connectivity index (χ4n) is 3.39. The highest BCUT2D eigenvalue weighted by molar-refractivity contribution is 5.93. The van der Waals surface area contributed by atoms with Gasteiger partial charge in [0, 0.05) is 30.9 Å². The maximum atomic E-state index is 13.2. The minimum absolute atomic E-state index is 0.00883. The van der Waals surface area contributed by atoms with Gasteiger partial charge in [0.25, 0.3) is 0 Å². The predicted molar refractivity (Wildman–Crippen MR) is 97.7 cm³/mol. The van der Waals surface area contributed by atoms with E-state index in [1.165, 1.54) is 12.1 Å². The van der Waals surface area contributed by atoms with E-state index in [-0.39, 0.29) is 17.6 Å². The van der Waals surface area contributed by atoms with Crippen molar-refractivity contribution in [2.24, 2.45) is 5.92 Å². The standard InChI is InChI=1S/C19H20FN5O/c1-13-12-15(20)5-6-16(13)21-18(26)14-7-10-24(11-8-14)19-23-22-17-4-2-3-9-25(17)19/h2-6,9,12,14H,7-8,10-11H2,1H3,(H,21,26). The second-order valence-electron chi connectivity index (χ2n) is 6.64. The molecule has 1 saturated heterocycles. The lowest BCUT2D eigenvalue weighted by Gasteiger charge is -2.31. The molecule has 1 aliphatic heterocycles. The van der Waals surface area contributed by atoms with Crippen molar-refractivity contribution in [3.05, 3.63) is 54.0 Å². The smallest absolute Gasteiger partial charge is 0.231 e. The summed E-state index contributed by atoms with van der Waals surface area (Å²) in [6.07, 6.45) is 3.43. The van der Waals surface area contributed by atoms with Crippen molar-refractivity contribution in [3.8, 4) is 0 Å². The van der Waals surface area contributed by atoms with Crippen LogP contribution in [0, 0.1) is 18.7 Å². The molecule has 0 saturated carbocycles. The number of anilines is 2. The zero-order valence-corrected chi connectivity index (χ0v) is 14.5.